The number of hydrogen-bond acceptors (Lipinski definition) is 10. The van der Waals surface area contributed by atoms with Gasteiger partial charge in [0.2, 0.25) is 5.95 Å². The first kappa shape index (κ1) is 26.1. The van der Waals surface area contributed by atoms with Crippen molar-refractivity contribution < 1.29 is 23.9 Å². The second-order valence-corrected chi connectivity index (χ2v) is 9.86. The molecule has 3 heterocycles. The predicted octanol–water partition coefficient (Wildman–Crippen LogP) is 1.61. The van der Waals surface area contributed by atoms with E-state index in [1.165, 1.54) is 0 Å². The molecule has 3 amide bonds. The summed E-state index contributed by atoms with van der Waals surface area (Å²) in [7, 11) is 0. The molecule has 198 valence electrons. The number of benzene rings is 1. The Morgan fingerprint density at radius 2 is 1.76 bits per heavy atom. The molecule has 0 radical (unpaired) electrons. The summed E-state index contributed by atoms with van der Waals surface area (Å²) in [6, 6.07) is 6.70. The van der Waals surface area contributed by atoms with Crippen LogP contribution in [0.25, 0.3) is 0 Å². The molecule has 0 aliphatic carbocycles. The number of amides is 3. The minimum Gasteiger partial charge on any atom is -0.444 e. The quantitative estimate of drug-likeness (QED) is 0.518. The molecule has 2 aliphatic rings. The topological polar surface area (TPSA) is 165 Å². The van der Waals surface area contributed by atoms with Gasteiger partial charge in [-0.1, -0.05) is 0 Å². The fourth-order valence-electron chi connectivity index (χ4n) is 3.98. The Kier molecular flexibility index (Phi) is 7.71. The maximum absolute atomic E-state index is 12.7. The summed E-state index contributed by atoms with van der Waals surface area (Å²) in [5, 5.41) is 14.1. The Labute approximate surface area is 214 Å². The molecule has 0 saturated carbocycles. The van der Waals surface area contributed by atoms with Gasteiger partial charge in [0.05, 0.1) is 13.2 Å². The molecule has 1 unspecified atom stereocenters. The van der Waals surface area contributed by atoms with Gasteiger partial charge in [-0.25, -0.2) is 4.79 Å². The number of carbonyl (C=O) groups is 3. The van der Waals surface area contributed by atoms with Gasteiger partial charge in [-0.05, 0) is 51.5 Å². The lowest BCUT2D eigenvalue weighted by Crippen LogP contribution is -2.40. The highest BCUT2D eigenvalue weighted by Crippen LogP contribution is 2.22. The van der Waals surface area contributed by atoms with Crippen LogP contribution in [0.5, 0.6) is 0 Å². The van der Waals surface area contributed by atoms with Gasteiger partial charge in [0.15, 0.2) is 11.5 Å². The minimum atomic E-state index is -0.787. The maximum Gasteiger partial charge on any atom is 0.410 e. The lowest BCUT2D eigenvalue weighted by molar-refractivity contribution is 0.0292. The number of nitrogens with one attached hydrogen (secondary N) is 2. The molecule has 13 nitrogen and oxygen atoms in total. The van der Waals surface area contributed by atoms with Crippen LogP contribution >= 0.6 is 0 Å². The van der Waals surface area contributed by atoms with E-state index in [4.69, 9.17) is 15.2 Å². The van der Waals surface area contributed by atoms with Crippen LogP contribution in [0.1, 0.15) is 48.0 Å². The van der Waals surface area contributed by atoms with E-state index in [1.807, 2.05) is 20.8 Å². The van der Waals surface area contributed by atoms with Gasteiger partial charge in [-0.2, -0.15) is 4.98 Å². The molecule has 2 aliphatic heterocycles. The summed E-state index contributed by atoms with van der Waals surface area (Å²) in [5.74, 6) is -0.549. The minimum absolute atomic E-state index is 0.0696. The second kappa shape index (κ2) is 10.9. The standard InChI is InChI=1S/C24H32N8O5/c1-24(2,3)37-23(35)32-9-8-17(14-32)27-22-28-20(18(19(25)33)29-30-22)26-16-6-4-15(5-7-16)21(34)31-10-12-36-13-11-31/h4-7,17H,8-14H2,1-3H3,(H2,25,33)(H2,26,27,28,30). The van der Waals surface area contributed by atoms with Crippen molar-refractivity contribution in [3.8, 4) is 0 Å². The Hall–Kier alpha value is -4.00. The van der Waals surface area contributed by atoms with E-state index in [0.717, 1.165) is 0 Å². The van der Waals surface area contributed by atoms with E-state index in [2.05, 4.69) is 25.8 Å². The Morgan fingerprint density at radius 1 is 1.05 bits per heavy atom. The van der Waals surface area contributed by atoms with Gasteiger partial charge in [0, 0.05) is 43.5 Å². The lowest BCUT2D eigenvalue weighted by atomic mass is 10.1. The Bertz CT molecular complexity index is 1140. The van der Waals surface area contributed by atoms with Gasteiger partial charge < -0.3 is 35.6 Å². The molecular weight excluding hydrogens is 480 g/mol. The van der Waals surface area contributed by atoms with Gasteiger partial charge in [-0.3, -0.25) is 9.59 Å². The number of aromatic nitrogens is 3. The number of carbonyl (C=O) groups excluding carboxylic acids is 3. The Morgan fingerprint density at radius 3 is 2.41 bits per heavy atom. The first-order valence-electron chi connectivity index (χ1n) is 12.1. The van der Waals surface area contributed by atoms with Crippen molar-refractivity contribution in [2.45, 2.75) is 38.8 Å². The number of rotatable bonds is 6. The third kappa shape index (κ3) is 6.82. The number of morpholine rings is 1. The van der Waals surface area contributed by atoms with Crippen LogP contribution in [0.2, 0.25) is 0 Å². The molecule has 2 aromatic rings. The average molecular weight is 513 g/mol. The monoisotopic (exact) mass is 512 g/mol. The van der Waals surface area contributed by atoms with Crippen molar-refractivity contribution in [2.24, 2.45) is 5.73 Å². The molecule has 1 aromatic heterocycles. The molecule has 0 bridgehead atoms. The third-order valence-electron chi connectivity index (χ3n) is 5.79. The number of nitrogens with two attached hydrogens (primary N) is 1. The van der Waals surface area contributed by atoms with Crippen molar-refractivity contribution in [1.82, 2.24) is 25.0 Å². The summed E-state index contributed by atoms with van der Waals surface area (Å²) in [4.78, 5) is 44.7. The largest absolute Gasteiger partial charge is 0.444 e. The highest BCUT2D eigenvalue weighted by Gasteiger charge is 2.30. The van der Waals surface area contributed by atoms with Crippen LogP contribution in [0, 0.1) is 0 Å². The van der Waals surface area contributed by atoms with Crippen LogP contribution in [0.15, 0.2) is 24.3 Å². The molecule has 37 heavy (non-hydrogen) atoms. The van der Waals surface area contributed by atoms with E-state index < -0.39 is 11.5 Å². The predicted molar refractivity (Wildman–Crippen MR) is 135 cm³/mol. The zero-order chi connectivity index (χ0) is 26.6. The Balaban J connectivity index is 1.42. The summed E-state index contributed by atoms with van der Waals surface area (Å²) in [6.07, 6.45) is 0.291. The molecule has 2 fully saturated rings. The molecule has 1 atom stereocenters. The van der Waals surface area contributed by atoms with Crippen LogP contribution < -0.4 is 16.4 Å². The SMILES string of the molecule is CC(C)(C)OC(=O)N1CCC(Nc2nnc(C(N)=O)c(Nc3ccc(C(=O)N4CCOCC4)cc3)n2)C1. The first-order chi connectivity index (χ1) is 17.6. The van der Waals surface area contributed by atoms with Crippen LogP contribution in [-0.2, 0) is 9.47 Å². The lowest BCUT2D eigenvalue weighted by Gasteiger charge is -2.26. The maximum atomic E-state index is 12.7. The van der Waals surface area contributed by atoms with Crippen molar-refractivity contribution in [3.05, 3.63) is 35.5 Å². The smallest absolute Gasteiger partial charge is 0.410 e. The zero-order valence-electron chi connectivity index (χ0n) is 21.2. The van der Waals surface area contributed by atoms with Crippen molar-refractivity contribution >= 4 is 35.4 Å². The first-order valence-corrected chi connectivity index (χ1v) is 12.1. The van der Waals surface area contributed by atoms with Crippen LogP contribution in [0.4, 0.5) is 22.2 Å². The van der Waals surface area contributed by atoms with Crippen molar-refractivity contribution in [1.29, 1.82) is 0 Å². The van der Waals surface area contributed by atoms with E-state index >= 15 is 0 Å². The summed E-state index contributed by atoms with van der Waals surface area (Å²) >= 11 is 0. The molecule has 13 heteroatoms. The summed E-state index contributed by atoms with van der Waals surface area (Å²) in [5.41, 5.74) is 5.90. The molecular formula is C24H32N8O5. The van der Waals surface area contributed by atoms with Crippen LogP contribution in [0.3, 0.4) is 0 Å². The van der Waals surface area contributed by atoms with Gasteiger partial charge in [0.1, 0.15) is 5.60 Å². The van der Waals surface area contributed by atoms with Crippen LogP contribution in [-0.4, -0.2) is 93.9 Å². The normalized spacial score (nSPS) is 17.9. The highest BCUT2D eigenvalue weighted by atomic mass is 16.6. The number of primary amides is 1. The van der Waals surface area contributed by atoms with Gasteiger partial charge in [0.25, 0.3) is 11.8 Å². The fraction of sp³-hybridized carbons (Fsp3) is 0.500. The van der Waals surface area contributed by atoms with E-state index in [-0.39, 0.29) is 35.5 Å². The van der Waals surface area contributed by atoms with Crippen molar-refractivity contribution in [2.75, 3.05) is 50.0 Å². The van der Waals surface area contributed by atoms with E-state index in [1.54, 1.807) is 34.1 Å². The number of nitrogens with zero attached hydrogens (tertiary/aromatic N) is 5. The molecule has 0 spiro atoms. The van der Waals surface area contributed by atoms with Gasteiger partial charge in [-0.15, -0.1) is 10.2 Å². The number of likely N-dealkylation sites (tertiary alicyclic amines) is 1. The summed E-state index contributed by atoms with van der Waals surface area (Å²) in [6.45, 7) is 8.56. The zero-order valence-corrected chi connectivity index (χ0v) is 21.2. The summed E-state index contributed by atoms with van der Waals surface area (Å²) < 4.78 is 10.7. The molecule has 4 N–H and O–H groups in total. The molecule has 4 rings (SSSR count). The number of anilines is 3. The average Bonchev–Trinajstić information content (AvgIpc) is 3.32. The fourth-order valence-corrected chi connectivity index (χ4v) is 3.98. The highest BCUT2D eigenvalue weighted by molar-refractivity contribution is 5.97. The van der Waals surface area contributed by atoms with Gasteiger partial charge >= 0.3 is 6.09 Å². The van der Waals surface area contributed by atoms with Crippen molar-refractivity contribution in [3.63, 3.8) is 0 Å². The second-order valence-electron chi connectivity index (χ2n) is 9.86. The third-order valence-corrected chi connectivity index (χ3v) is 5.79. The van der Waals surface area contributed by atoms with E-state index in [0.29, 0.717) is 57.1 Å². The molecule has 2 saturated heterocycles. The number of ether oxygens (including phenoxy) is 2. The van der Waals surface area contributed by atoms with E-state index in [9.17, 15) is 14.4 Å². The number of hydrogen-bond donors (Lipinski definition) is 3. The molecule has 1 aromatic carbocycles.